The summed E-state index contributed by atoms with van der Waals surface area (Å²) < 4.78 is 60.8. The minimum absolute atomic E-state index is 0.944. The van der Waals surface area contributed by atoms with Gasteiger partial charge in [-0.3, -0.25) is 0 Å². The summed E-state index contributed by atoms with van der Waals surface area (Å²) >= 11 is 0. The Balaban J connectivity index is 10.9. The zero-order valence-corrected chi connectivity index (χ0v) is 38.5. The lowest BCUT2D eigenvalue weighted by Crippen LogP contribution is -2.88. The molecule has 0 aromatic carbocycles. The van der Waals surface area contributed by atoms with Gasteiger partial charge < -0.3 is 155 Å². The summed E-state index contributed by atoms with van der Waals surface area (Å²) in [5, 5.41) is 221. The van der Waals surface area contributed by atoms with Crippen LogP contribution in [0.3, 0.4) is 0 Å². The van der Waals surface area contributed by atoms with Gasteiger partial charge in [-0.15, -0.1) is 0 Å². The molecule has 0 spiro atoms. The molecule has 32 heteroatoms. The van der Waals surface area contributed by atoms with Crippen molar-refractivity contribution < 1.29 is 159 Å². The second kappa shape index (κ2) is 34.7. The number of carbonyl (C=O) groups is 1. The molecule has 0 saturated heterocycles. The van der Waals surface area contributed by atoms with Gasteiger partial charge in [-0.1, -0.05) is 6.92 Å². The van der Waals surface area contributed by atoms with Crippen molar-refractivity contribution in [3.8, 4) is 0 Å². The lowest BCUT2D eigenvalue weighted by molar-refractivity contribution is -0.597. The molecule has 0 aromatic heterocycles. The highest BCUT2D eigenvalue weighted by Crippen LogP contribution is 2.57. The van der Waals surface area contributed by atoms with Crippen molar-refractivity contribution in [3.05, 3.63) is 0 Å². The number of carboxylic acids is 1. The van der Waals surface area contributed by atoms with Crippen LogP contribution in [0.15, 0.2) is 0 Å². The van der Waals surface area contributed by atoms with E-state index in [4.69, 9.17) is 47.4 Å². The smallest absolute Gasteiger partial charge is 0.347 e. The molecule has 420 valence electrons. The number of aliphatic hydroxyl groups is 20. The van der Waals surface area contributed by atoms with Crippen molar-refractivity contribution in [1.82, 2.24) is 0 Å². The molecule has 0 fully saturated rings. The summed E-state index contributed by atoms with van der Waals surface area (Å²) in [5.74, 6) is -19.5. The summed E-state index contributed by atoms with van der Waals surface area (Å²) in [6, 6.07) is 0. The maximum Gasteiger partial charge on any atom is 0.347 e. The Morgan fingerprint density at radius 1 is 0.314 bits per heavy atom. The van der Waals surface area contributed by atoms with Gasteiger partial charge in [0.25, 0.3) is 11.6 Å². The first-order chi connectivity index (χ1) is 33.0. The van der Waals surface area contributed by atoms with Crippen LogP contribution < -0.4 is 0 Å². The minimum Gasteiger partial charge on any atom is -0.479 e. The van der Waals surface area contributed by atoms with Crippen LogP contribution in [0.5, 0.6) is 0 Å². The van der Waals surface area contributed by atoms with E-state index in [2.05, 4.69) is 0 Å². The van der Waals surface area contributed by atoms with E-state index < -0.39 is 235 Å². The number of carboxylic acid groups (broad SMARTS) is 1. The first-order valence-corrected chi connectivity index (χ1v) is 21.6. The molecule has 0 aliphatic carbocycles. The van der Waals surface area contributed by atoms with Crippen LogP contribution in [0.2, 0.25) is 0 Å². The van der Waals surface area contributed by atoms with Crippen molar-refractivity contribution >= 4 is 5.97 Å². The molecule has 21 N–H and O–H groups in total. The maximum absolute atomic E-state index is 14.4. The molecule has 0 amide bonds. The lowest BCUT2D eigenvalue weighted by atomic mass is 9.77. The van der Waals surface area contributed by atoms with Gasteiger partial charge in [0.1, 0.15) is 61.0 Å². The molecule has 0 rings (SSSR count). The standard InChI is InChI=1S/C38H76O32/c1-2-34(33(59)60,61-13-23(49)3-39)35(62-14-24(50)4-40,63-15-25(51)5-41)36(64-16-26(52)6-42,65-17-27(53)7-43)37(66-18-28(54)8-44,67-19-29(55)9-45)38(68-20-30(56)10-46,69-21-31(57)11-47)70-22-32(58)12-48/h23-32,39-58H,2-22H2,1H3,(H,59,60). The fourth-order valence-corrected chi connectivity index (χ4v) is 5.84. The van der Waals surface area contributed by atoms with E-state index in [1.54, 1.807) is 0 Å². The van der Waals surface area contributed by atoms with Crippen molar-refractivity contribution in [2.75, 3.05) is 132 Å². The highest BCUT2D eigenvalue weighted by molar-refractivity contribution is 5.79. The Kier molecular flexibility index (Phi) is 33.8. The number of hydrogen-bond acceptors (Lipinski definition) is 31. The second-order valence-electron chi connectivity index (χ2n) is 15.4. The third kappa shape index (κ3) is 18.6. The molecule has 0 saturated carbocycles. The molecule has 0 heterocycles. The molecule has 0 aliphatic heterocycles. The van der Waals surface area contributed by atoms with Crippen molar-refractivity contribution in [1.29, 1.82) is 0 Å². The molecule has 0 bridgehead atoms. The predicted octanol–water partition coefficient (Wildman–Crippen LogP) is -12.3. The van der Waals surface area contributed by atoms with E-state index in [9.17, 15) is 112 Å². The van der Waals surface area contributed by atoms with E-state index >= 15 is 0 Å². The fourth-order valence-electron chi connectivity index (χ4n) is 5.84. The SMILES string of the molecule is CCC(OCC(O)CO)(C(=O)O)C(OCC(O)CO)(OCC(O)CO)C(OCC(O)CO)(OCC(O)CO)C(OCC(O)CO)(OCC(O)CO)C(OCC(O)CO)(OCC(O)CO)OCC(O)CO. The highest BCUT2D eigenvalue weighted by atomic mass is 16.9. The van der Waals surface area contributed by atoms with Crippen LogP contribution in [0.1, 0.15) is 13.3 Å². The van der Waals surface area contributed by atoms with Gasteiger partial charge >= 0.3 is 17.7 Å². The third-order valence-electron chi connectivity index (χ3n) is 9.55. The molecular weight excluding hydrogens is 968 g/mol. The lowest BCUT2D eigenvalue weighted by Gasteiger charge is -2.62. The summed E-state index contributed by atoms with van der Waals surface area (Å²) in [6.45, 7) is -26.8. The quantitative estimate of drug-likeness (QED) is 0.0252. The molecule has 32 nitrogen and oxygen atoms in total. The van der Waals surface area contributed by atoms with Crippen LogP contribution in [0, 0.1) is 0 Å². The van der Waals surface area contributed by atoms with Gasteiger partial charge in [-0.05, 0) is 6.42 Å². The number of aliphatic hydroxyl groups excluding tert-OH is 20. The van der Waals surface area contributed by atoms with Gasteiger partial charge in [-0.25, -0.2) is 4.79 Å². The Bertz CT molecular complexity index is 1260. The minimum atomic E-state index is -4.43. The summed E-state index contributed by atoms with van der Waals surface area (Å²) in [5.41, 5.74) is -3.77. The Labute approximate surface area is 400 Å². The maximum atomic E-state index is 14.4. The van der Waals surface area contributed by atoms with E-state index in [0.29, 0.717) is 0 Å². The van der Waals surface area contributed by atoms with Crippen LogP contribution in [-0.4, -0.2) is 335 Å². The van der Waals surface area contributed by atoms with Crippen LogP contribution in [0.25, 0.3) is 0 Å². The summed E-state index contributed by atoms with van der Waals surface area (Å²) in [4.78, 5) is 14.4. The van der Waals surface area contributed by atoms with E-state index in [1.165, 1.54) is 0 Å². The van der Waals surface area contributed by atoms with Gasteiger partial charge in [0.2, 0.25) is 5.60 Å². The third-order valence-corrected chi connectivity index (χ3v) is 9.55. The number of aliphatic carboxylic acids is 1. The molecular formula is C38H76O32. The summed E-state index contributed by atoms with van der Waals surface area (Å²) in [7, 11) is 0. The fraction of sp³-hybridized carbons (Fsp3) is 0.974. The summed E-state index contributed by atoms with van der Waals surface area (Å²) in [6.07, 6.45) is -23.2. The first-order valence-electron chi connectivity index (χ1n) is 21.6. The normalized spacial score (nSPS) is 21.1. The van der Waals surface area contributed by atoms with Gasteiger partial charge in [0.15, 0.2) is 0 Å². The first kappa shape index (κ1) is 68.3. The van der Waals surface area contributed by atoms with Gasteiger partial charge in [0.05, 0.1) is 132 Å². The van der Waals surface area contributed by atoms with E-state index in [0.717, 1.165) is 6.92 Å². The van der Waals surface area contributed by atoms with Crippen molar-refractivity contribution in [2.45, 2.75) is 103 Å². The Morgan fingerprint density at radius 2 is 0.500 bits per heavy atom. The zero-order valence-electron chi connectivity index (χ0n) is 38.5. The molecule has 0 radical (unpaired) electrons. The highest BCUT2D eigenvalue weighted by Gasteiger charge is 2.86. The number of hydrogen-bond donors (Lipinski definition) is 21. The zero-order chi connectivity index (χ0) is 53.8. The number of rotatable bonds is 46. The van der Waals surface area contributed by atoms with Crippen LogP contribution in [-0.2, 0) is 52.2 Å². The van der Waals surface area contributed by atoms with Gasteiger partial charge in [-0.2, -0.15) is 0 Å². The average molecular weight is 1040 g/mol. The predicted molar refractivity (Wildman–Crippen MR) is 222 cm³/mol. The van der Waals surface area contributed by atoms with Crippen molar-refractivity contribution in [3.63, 3.8) is 0 Å². The second-order valence-corrected chi connectivity index (χ2v) is 15.4. The van der Waals surface area contributed by atoms with Crippen LogP contribution >= 0.6 is 0 Å². The monoisotopic (exact) mass is 1040 g/mol. The van der Waals surface area contributed by atoms with Crippen LogP contribution in [0.4, 0.5) is 0 Å². The molecule has 0 aromatic rings. The molecule has 11 unspecified atom stereocenters. The largest absolute Gasteiger partial charge is 0.479 e. The molecule has 11 atom stereocenters. The average Bonchev–Trinajstić information content (AvgIpc) is 3.37. The molecule has 0 aliphatic rings. The Hall–Kier alpha value is -1.73. The van der Waals surface area contributed by atoms with E-state index in [-0.39, 0.29) is 0 Å². The number of ether oxygens (including phenoxy) is 10. The van der Waals surface area contributed by atoms with Gasteiger partial charge in [0, 0.05) is 0 Å². The topological polar surface area (TPSA) is 534 Å². The van der Waals surface area contributed by atoms with E-state index in [1.807, 2.05) is 0 Å². The van der Waals surface area contributed by atoms with Crippen molar-refractivity contribution in [2.24, 2.45) is 0 Å². The Morgan fingerprint density at radius 3 is 0.700 bits per heavy atom. The molecule has 70 heavy (non-hydrogen) atoms.